The van der Waals surface area contributed by atoms with Crippen molar-refractivity contribution in [1.82, 2.24) is 24.2 Å². The SMILES string of the molecule is NC1N=C(NC2CCN(S(=O)(=O)c3ccc(Cc4nccn4C(c4ccccc4)(c4ccccc4)c4ccccc4)nc3)CC2)SC1C(=O)c1c(F)cccc1F. The number of nitrogens with two attached hydrogens (primary N) is 1. The number of amidine groups is 1. The van der Waals surface area contributed by atoms with Crippen LogP contribution in [-0.2, 0) is 22.0 Å². The number of piperidine rings is 1. The van der Waals surface area contributed by atoms with Gasteiger partial charge < -0.3 is 15.6 Å². The molecule has 2 aliphatic rings. The second-order valence-electron chi connectivity index (χ2n) is 13.9. The summed E-state index contributed by atoms with van der Waals surface area (Å²) in [7, 11) is -3.85. The van der Waals surface area contributed by atoms with E-state index in [-0.39, 0.29) is 24.0 Å². The van der Waals surface area contributed by atoms with Crippen LogP contribution in [0.25, 0.3) is 0 Å². The van der Waals surface area contributed by atoms with Crippen molar-refractivity contribution < 1.29 is 22.0 Å². The third kappa shape index (κ3) is 7.41. The van der Waals surface area contributed by atoms with Crippen LogP contribution in [0.5, 0.6) is 0 Å². The molecule has 0 aliphatic carbocycles. The van der Waals surface area contributed by atoms with Gasteiger partial charge in [0.25, 0.3) is 0 Å². The van der Waals surface area contributed by atoms with E-state index in [4.69, 9.17) is 10.7 Å². The van der Waals surface area contributed by atoms with Crippen LogP contribution >= 0.6 is 11.8 Å². The summed E-state index contributed by atoms with van der Waals surface area (Å²) in [4.78, 5) is 26.8. The first-order valence-corrected chi connectivity index (χ1v) is 20.9. The van der Waals surface area contributed by atoms with Crippen molar-refractivity contribution in [3.8, 4) is 0 Å². The van der Waals surface area contributed by atoms with Crippen molar-refractivity contribution in [2.75, 3.05) is 13.1 Å². The number of hydrogen-bond acceptors (Lipinski definition) is 9. The van der Waals surface area contributed by atoms with Gasteiger partial charge in [-0.05, 0) is 53.8 Å². The minimum absolute atomic E-state index is 0.0941. The van der Waals surface area contributed by atoms with Crippen LogP contribution in [0.4, 0.5) is 8.78 Å². The van der Waals surface area contributed by atoms with Gasteiger partial charge in [0.2, 0.25) is 10.0 Å². The number of sulfonamides is 1. The Balaban J connectivity index is 0.955. The van der Waals surface area contributed by atoms with Crippen molar-refractivity contribution in [2.45, 2.75) is 47.2 Å². The Hall–Kier alpha value is -5.54. The average Bonchev–Trinajstić information content (AvgIpc) is 3.85. The van der Waals surface area contributed by atoms with Gasteiger partial charge in [-0.15, -0.1) is 0 Å². The molecule has 290 valence electrons. The number of aromatic nitrogens is 3. The van der Waals surface area contributed by atoms with E-state index < -0.39 is 50.0 Å². The number of ketones is 1. The fourth-order valence-electron chi connectivity index (χ4n) is 7.70. The second kappa shape index (κ2) is 16.1. The molecule has 10 nitrogen and oxygen atoms in total. The van der Waals surface area contributed by atoms with Crippen LogP contribution < -0.4 is 11.1 Å². The van der Waals surface area contributed by atoms with E-state index in [9.17, 15) is 22.0 Å². The molecular weight excluding hydrogens is 765 g/mol. The van der Waals surface area contributed by atoms with Gasteiger partial charge in [0.15, 0.2) is 11.0 Å². The summed E-state index contributed by atoms with van der Waals surface area (Å²) in [6.45, 7) is 0.485. The van der Waals surface area contributed by atoms with Gasteiger partial charge >= 0.3 is 0 Å². The molecule has 4 aromatic carbocycles. The maximum atomic E-state index is 14.3. The molecule has 2 aliphatic heterocycles. The standard InChI is InChI=1S/C43H39F2N7O3S2/c44-35-17-10-18-36(45)38(35)39(53)40-41(46)50-42(56-40)49-32-21-24-51(25-22-32)57(54,55)34-20-19-33(48-28-34)27-37-47-23-26-52(37)43(29-11-4-1-5-12-29,30-13-6-2-7-14-30)31-15-8-3-9-16-31/h1-20,23,26,28,32,40-41H,21-22,24-25,27,46H2,(H,49,50). The Labute approximate surface area is 333 Å². The first kappa shape index (κ1) is 38.3. The monoisotopic (exact) mass is 803 g/mol. The van der Waals surface area contributed by atoms with Crippen LogP contribution in [0.1, 0.15) is 51.4 Å². The number of imidazole rings is 1. The average molecular weight is 804 g/mol. The normalized spacial score (nSPS) is 18.0. The predicted molar refractivity (Wildman–Crippen MR) is 216 cm³/mol. The lowest BCUT2D eigenvalue weighted by Crippen LogP contribution is -2.45. The number of benzene rings is 4. The Morgan fingerprint density at radius 1 is 0.807 bits per heavy atom. The molecule has 0 spiro atoms. The molecule has 0 radical (unpaired) electrons. The van der Waals surface area contributed by atoms with Crippen LogP contribution in [-0.4, -0.2) is 68.8 Å². The molecule has 2 aromatic heterocycles. The fourth-order valence-corrected chi connectivity index (χ4v) is 10.2. The lowest BCUT2D eigenvalue weighted by molar-refractivity contribution is 0.0975. The zero-order chi connectivity index (χ0) is 39.6. The summed E-state index contributed by atoms with van der Waals surface area (Å²) in [5, 5.41) is 2.64. The van der Waals surface area contributed by atoms with Crippen molar-refractivity contribution in [1.29, 1.82) is 0 Å². The summed E-state index contributed by atoms with van der Waals surface area (Å²) in [6.07, 6.45) is 5.47. The van der Waals surface area contributed by atoms with Gasteiger partial charge in [-0.3, -0.25) is 9.78 Å². The molecule has 4 heterocycles. The summed E-state index contributed by atoms with van der Waals surface area (Å²) in [5.41, 5.74) is 8.54. The number of pyridine rings is 1. The van der Waals surface area contributed by atoms with E-state index in [1.165, 1.54) is 16.6 Å². The summed E-state index contributed by atoms with van der Waals surface area (Å²) < 4.78 is 59.8. The van der Waals surface area contributed by atoms with Gasteiger partial charge in [0, 0.05) is 49.8 Å². The van der Waals surface area contributed by atoms with Gasteiger partial charge in [-0.25, -0.2) is 27.2 Å². The molecule has 57 heavy (non-hydrogen) atoms. The number of halogens is 2. The molecule has 1 fully saturated rings. The van der Waals surface area contributed by atoms with Crippen LogP contribution in [0, 0.1) is 11.6 Å². The number of nitrogens with zero attached hydrogens (tertiary/aromatic N) is 5. The number of aliphatic imine (C=N–C) groups is 1. The van der Waals surface area contributed by atoms with E-state index in [0.717, 1.165) is 46.4 Å². The minimum Gasteiger partial charge on any atom is -0.362 e. The summed E-state index contributed by atoms with van der Waals surface area (Å²) in [6, 6.07) is 37.4. The number of Topliss-reactive ketones (excluding diaryl/α,β-unsaturated/α-hetero) is 1. The van der Waals surface area contributed by atoms with Crippen LogP contribution in [0.15, 0.2) is 150 Å². The zero-order valence-corrected chi connectivity index (χ0v) is 32.3. The molecule has 2 unspecified atom stereocenters. The third-order valence-corrected chi connectivity index (χ3v) is 13.6. The number of hydrogen-bond donors (Lipinski definition) is 2. The molecule has 6 aromatic rings. The van der Waals surface area contributed by atoms with Gasteiger partial charge in [-0.1, -0.05) is 109 Å². The second-order valence-corrected chi connectivity index (χ2v) is 17.0. The molecule has 1 saturated heterocycles. The van der Waals surface area contributed by atoms with E-state index in [2.05, 4.69) is 56.3 Å². The van der Waals surface area contributed by atoms with Gasteiger partial charge in [0.1, 0.15) is 39.3 Å². The number of carbonyl (C=O) groups excluding carboxylic acids is 1. The lowest BCUT2D eigenvalue weighted by atomic mass is 9.76. The van der Waals surface area contributed by atoms with E-state index >= 15 is 0 Å². The lowest BCUT2D eigenvalue weighted by Gasteiger charge is -2.38. The van der Waals surface area contributed by atoms with E-state index in [1.54, 1.807) is 18.3 Å². The van der Waals surface area contributed by atoms with Gasteiger partial charge in [0.05, 0.1) is 5.56 Å². The Bertz CT molecular complexity index is 2380. The zero-order valence-electron chi connectivity index (χ0n) is 30.7. The minimum atomic E-state index is -3.85. The Morgan fingerprint density at radius 2 is 1.39 bits per heavy atom. The Kier molecular flexibility index (Phi) is 10.9. The largest absolute Gasteiger partial charge is 0.362 e. The maximum Gasteiger partial charge on any atom is 0.244 e. The quantitative estimate of drug-likeness (QED) is 0.114. The number of rotatable bonds is 11. The van der Waals surface area contributed by atoms with Crippen LogP contribution in [0.3, 0.4) is 0 Å². The Morgan fingerprint density at radius 3 is 1.93 bits per heavy atom. The van der Waals surface area contributed by atoms with Crippen LogP contribution in [0.2, 0.25) is 0 Å². The highest BCUT2D eigenvalue weighted by Crippen LogP contribution is 2.42. The van der Waals surface area contributed by atoms with Crippen molar-refractivity contribution >= 4 is 32.7 Å². The highest BCUT2D eigenvalue weighted by Gasteiger charge is 2.40. The molecule has 0 amide bonds. The maximum absolute atomic E-state index is 14.3. The first-order valence-electron chi connectivity index (χ1n) is 18.6. The van der Waals surface area contributed by atoms with E-state index in [1.807, 2.05) is 60.8 Å². The molecule has 8 rings (SSSR count). The highest BCUT2D eigenvalue weighted by molar-refractivity contribution is 8.15. The smallest absolute Gasteiger partial charge is 0.244 e. The number of nitrogens with one attached hydrogen (secondary N) is 1. The molecular formula is C43H39F2N7O3S2. The topological polar surface area (TPSA) is 136 Å². The summed E-state index contributed by atoms with van der Waals surface area (Å²) in [5.74, 6) is -1.92. The summed E-state index contributed by atoms with van der Waals surface area (Å²) >= 11 is 1.02. The van der Waals surface area contributed by atoms with Crippen molar-refractivity contribution in [3.05, 3.63) is 185 Å². The molecule has 0 saturated carbocycles. The molecule has 3 N–H and O–H groups in total. The molecule has 14 heteroatoms. The molecule has 2 atom stereocenters. The first-order chi connectivity index (χ1) is 27.7. The molecule has 0 bridgehead atoms. The van der Waals surface area contributed by atoms with Crippen molar-refractivity contribution in [2.24, 2.45) is 10.7 Å². The fraction of sp³-hybridized carbons (Fsp3) is 0.209. The van der Waals surface area contributed by atoms with E-state index in [0.29, 0.717) is 30.1 Å². The predicted octanol–water partition coefficient (Wildman–Crippen LogP) is 6.37. The van der Waals surface area contributed by atoms with Crippen molar-refractivity contribution in [3.63, 3.8) is 0 Å². The highest BCUT2D eigenvalue weighted by atomic mass is 32.2. The number of thioether (sulfide) groups is 1. The number of carbonyl (C=O) groups is 1. The third-order valence-electron chi connectivity index (χ3n) is 10.5. The van der Waals surface area contributed by atoms with Gasteiger partial charge in [-0.2, -0.15) is 4.31 Å².